The van der Waals surface area contributed by atoms with E-state index in [4.69, 9.17) is 16.4 Å². The van der Waals surface area contributed by atoms with Crippen LogP contribution in [0.1, 0.15) is 15.9 Å². The Hall–Kier alpha value is -2.65. The summed E-state index contributed by atoms with van der Waals surface area (Å²) in [6.45, 7) is 0. The summed E-state index contributed by atoms with van der Waals surface area (Å²) in [6, 6.07) is 20.3. The molecule has 0 unspecified atom stereocenters. The predicted molar refractivity (Wildman–Crippen MR) is 88.4 cm³/mol. The summed E-state index contributed by atoms with van der Waals surface area (Å²) < 4.78 is 0. The van der Waals surface area contributed by atoms with E-state index in [9.17, 15) is 4.79 Å². The minimum absolute atomic E-state index is 0.402. The largest absolute Gasteiger partial charge is 0.365 e. The maximum atomic E-state index is 11.8. The van der Waals surface area contributed by atoms with Gasteiger partial charge in [-0.05, 0) is 35.0 Å². The fourth-order valence-electron chi connectivity index (χ4n) is 2.13. The van der Waals surface area contributed by atoms with Crippen LogP contribution in [0.15, 0.2) is 71.9 Å². The highest BCUT2D eigenvalue weighted by Crippen LogP contribution is 2.17. The first kappa shape index (κ1) is 14.3. The molecule has 0 amide bonds. The van der Waals surface area contributed by atoms with Gasteiger partial charge in [0.05, 0.1) is 11.8 Å². The third-order valence-corrected chi connectivity index (χ3v) is 3.48. The van der Waals surface area contributed by atoms with Gasteiger partial charge in [0.15, 0.2) is 0 Å². The Morgan fingerprint density at radius 2 is 1.68 bits per heavy atom. The highest BCUT2D eigenvalue weighted by Gasteiger charge is 2.06. The van der Waals surface area contributed by atoms with Crippen molar-refractivity contribution in [3.05, 3.63) is 82.9 Å². The van der Waals surface area contributed by atoms with Crippen LogP contribution >= 0.6 is 11.6 Å². The van der Waals surface area contributed by atoms with Crippen LogP contribution in [0.5, 0.6) is 0 Å². The van der Waals surface area contributed by atoms with E-state index < -0.39 is 5.97 Å². The number of carbonyl (C=O) groups is 1. The molecule has 0 spiro atoms. The van der Waals surface area contributed by atoms with Crippen molar-refractivity contribution >= 4 is 34.6 Å². The van der Waals surface area contributed by atoms with E-state index in [2.05, 4.69) is 5.16 Å². The molecule has 0 saturated carbocycles. The number of benzene rings is 3. The zero-order chi connectivity index (χ0) is 15.4. The molecule has 4 heteroatoms. The fraction of sp³-hybridized carbons (Fsp3) is 0. The molecule has 0 bridgehead atoms. The zero-order valence-corrected chi connectivity index (χ0v) is 12.3. The molecule has 3 aromatic carbocycles. The molecule has 22 heavy (non-hydrogen) atoms. The lowest BCUT2D eigenvalue weighted by molar-refractivity contribution is 0.0519. The first-order valence-electron chi connectivity index (χ1n) is 6.72. The highest BCUT2D eigenvalue weighted by molar-refractivity contribution is 6.30. The number of hydrogen-bond donors (Lipinski definition) is 0. The maximum absolute atomic E-state index is 11.8. The van der Waals surface area contributed by atoms with Crippen LogP contribution in [0.2, 0.25) is 5.02 Å². The van der Waals surface area contributed by atoms with Gasteiger partial charge in [0.1, 0.15) is 0 Å². The normalized spacial score (nSPS) is 11.0. The number of halogens is 1. The van der Waals surface area contributed by atoms with E-state index in [1.54, 1.807) is 24.3 Å². The molecule has 3 rings (SSSR count). The Labute approximate surface area is 132 Å². The number of fused-ring (bicyclic) bond motifs is 1. The van der Waals surface area contributed by atoms with Gasteiger partial charge in [-0.15, -0.1) is 0 Å². The highest BCUT2D eigenvalue weighted by atomic mass is 35.5. The van der Waals surface area contributed by atoms with E-state index in [-0.39, 0.29) is 0 Å². The van der Waals surface area contributed by atoms with E-state index in [0.29, 0.717) is 10.6 Å². The second-order valence-corrected chi connectivity index (χ2v) is 5.12. The number of oxime groups is 1. The molecule has 3 aromatic rings. The molecule has 0 saturated heterocycles. The monoisotopic (exact) mass is 309 g/mol. The number of hydrogen-bond acceptors (Lipinski definition) is 3. The first-order valence-corrected chi connectivity index (χ1v) is 7.10. The second-order valence-electron chi connectivity index (χ2n) is 4.69. The van der Waals surface area contributed by atoms with E-state index in [1.807, 2.05) is 42.5 Å². The molecular formula is C18H12ClNO2. The predicted octanol–water partition coefficient (Wildman–Crippen LogP) is 4.68. The SMILES string of the molecule is O=C(O/N=C\c1cccc2ccccc12)c1ccc(Cl)cc1. The van der Waals surface area contributed by atoms with Crippen LogP contribution < -0.4 is 0 Å². The zero-order valence-electron chi connectivity index (χ0n) is 11.6. The maximum Gasteiger partial charge on any atom is 0.365 e. The Morgan fingerprint density at radius 3 is 2.50 bits per heavy atom. The van der Waals surface area contributed by atoms with E-state index >= 15 is 0 Å². The van der Waals surface area contributed by atoms with Gasteiger partial charge in [-0.25, -0.2) is 4.79 Å². The van der Waals surface area contributed by atoms with Crippen molar-refractivity contribution < 1.29 is 9.63 Å². The van der Waals surface area contributed by atoms with Gasteiger partial charge in [-0.1, -0.05) is 59.2 Å². The van der Waals surface area contributed by atoms with Crippen molar-refractivity contribution in [2.24, 2.45) is 5.16 Å². The molecule has 0 radical (unpaired) electrons. The number of carbonyl (C=O) groups excluding carboxylic acids is 1. The lowest BCUT2D eigenvalue weighted by Crippen LogP contribution is -2.00. The lowest BCUT2D eigenvalue weighted by atomic mass is 10.1. The summed E-state index contributed by atoms with van der Waals surface area (Å²) in [7, 11) is 0. The van der Waals surface area contributed by atoms with Gasteiger partial charge in [-0.2, -0.15) is 0 Å². The molecule has 0 aromatic heterocycles. The topological polar surface area (TPSA) is 38.7 Å². The first-order chi connectivity index (χ1) is 10.7. The van der Waals surface area contributed by atoms with Crippen LogP contribution in [0, 0.1) is 0 Å². The van der Waals surface area contributed by atoms with Gasteiger partial charge < -0.3 is 4.84 Å². The van der Waals surface area contributed by atoms with Crippen molar-refractivity contribution in [3.8, 4) is 0 Å². The third-order valence-electron chi connectivity index (χ3n) is 3.23. The van der Waals surface area contributed by atoms with Crippen LogP contribution in [-0.4, -0.2) is 12.2 Å². The van der Waals surface area contributed by atoms with Crippen LogP contribution in [0.25, 0.3) is 10.8 Å². The average Bonchev–Trinajstić information content (AvgIpc) is 2.55. The molecular weight excluding hydrogens is 298 g/mol. The Balaban J connectivity index is 1.76. The summed E-state index contributed by atoms with van der Waals surface area (Å²) in [4.78, 5) is 16.7. The van der Waals surface area contributed by atoms with Gasteiger partial charge in [0, 0.05) is 10.6 Å². The van der Waals surface area contributed by atoms with Crippen molar-refractivity contribution in [2.75, 3.05) is 0 Å². The molecule has 108 valence electrons. The quantitative estimate of drug-likeness (QED) is 0.400. The molecule has 0 aliphatic rings. The van der Waals surface area contributed by atoms with Gasteiger partial charge in [0.2, 0.25) is 0 Å². The van der Waals surface area contributed by atoms with E-state index in [0.717, 1.165) is 16.3 Å². The summed E-state index contributed by atoms with van der Waals surface area (Å²) in [6.07, 6.45) is 1.54. The molecule has 0 aliphatic carbocycles. The molecule has 3 nitrogen and oxygen atoms in total. The molecule has 0 aliphatic heterocycles. The van der Waals surface area contributed by atoms with E-state index in [1.165, 1.54) is 6.21 Å². The molecule has 0 N–H and O–H groups in total. The van der Waals surface area contributed by atoms with Gasteiger partial charge >= 0.3 is 5.97 Å². The van der Waals surface area contributed by atoms with Gasteiger partial charge in [0.25, 0.3) is 0 Å². The van der Waals surface area contributed by atoms with Crippen molar-refractivity contribution in [1.29, 1.82) is 0 Å². The fourth-order valence-corrected chi connectivity index (χ4v) is 2.26. The summed E-state index contributed by atoms with van der Waals surface area (Å²) in [5.74, 6) is -0.520. The Bertz CT molecular complexity index is 836. The minimum Gasteiger partial charge on any atom is -0.313 e. The van der Waals surface area contributed by atoms with Crippen molar-refractivity contribution in [1.82, 2.24) is 0 Å². The van der Waals surface area contributed by atoms with Crippen LogP contribution in [0.4, 0.5) is 0 Å². The third kappa shape index (κ3) is 3.15. The number of nitrogens with zero attached hydrogens (tertiary/aromatic N) is 1. The smallest absolute Gasteiger partial charge is 0.313 e. The summed E-state index contributed by atoms with van der Waals surface area (Å²) in [5.41, 5.74) is 1.29. The second kappa shape index (κ2) is 6.41. The Morgan fingerprint density at radius 1 is 0.955 bits per heavy atom. The minimum atomic E-state index is -0.520. The molecule has 0 atom stereocenters. The lowest BCUT2D eigenvalue weighted by Gasteiger charge is -2.01. The summed E-state index contributed by atoms with van der Waals surface area (Å²) >= 11 is 5.77. The van der Waals surface area contributed by atoms with Crippen LogP contribution in [-0.2, 0) is 4.84 Å². The molecule has 0 heterocycles. The molecule has 0 fully saturated rings. The number of rotatable bonds is 3. The Kier molecular flexibility index (Phi) is 4.17. The van der Waals surface area contributed by atoms with Crippen molar-refractivity contribution in [3.63, 3.8) is 0 Å². The van der Waals surface area contributed by atoms with Crippen molar-refractivity contribution in [2.45, 2.75) is 0 Å². The van der Waals surface area contributed by atoms with Crippen LogP contribution in [0.3, 0.4) is 0 Å². The average molecular weight is 310 g/mol. The van der Waals surface area contributed by atoms with Gasteiger partial charge in [-0.3, -0.25) is 0 Å². The summed E-state index contributed by atoms with van der Waals surface area (Å²) in [5, 5.41) is 6.51. The standard InChI is InChI=1S/C18H12ClNO2/c19-16-10-8-14(9-11-16)18(21)22-20-12-15-6-3-5-13-4-1-2-7-17(13)15/h1-12H/b20-12-.